The van der Waals surface area contributed by atoms with Gasteiger partial charge in [0.2, 0.25) is 0 Å². The van der Waals surface area contributed by atoms with Crippen LogP contribution in [0.25, 0.3) is 0 Å². The van der Waals surface area contributed by atoms with E-state index in [0.29, 0.717) is 32.0 Å². The number of carbonyl (C=O) groups excluding carboxylic acids is 1. The Bertz CT molecular complexity index is 1140. The van der Waals surface area contributed by atoms with Crippen molar-refractivity contribution in [2.75, 3.05) is 20.2 Å². The summed E-state index contributed by atoms with van der Waals surface area (Å²) < 4.78 is 12.9. The fraction of sp³-hybridized carbons (Fsp3) is 0.481. The Balaban J connectivity index is 1.32. The number of methoxy groups -OCH3 is 1. The van der Waals surface area contributed by atoms with Crippen molar-refractivity contribution >= 4 is 6.09 Å². The van der Waals surface area contributed by atoms with Gasteiger partial charge >= 0.3 is 6.09 Å². The largest absolute Gasteiger partial charge is 0.497 e. The number of hydrogen-bond acceptors (Lipinski definition) is 7. The molecule has 0 radical (unpaired) electrons. The first-order chi connectivity index (χ1) is 17.6. The lowest BCUT2D eigenvalue weighted by molar-refractivity contribution is 0.0649. The monoisotopic (exact) mass is 490 g/mol. The molecule has 1 amide bonds. The number of rotatable bonds is 8. The molecule has 1 aliphatic carbocycles. The Morgan fingerprint density at radius 2 is 1.83 bits per heavy atom. The van der Waals surface area contributed by atoms with E-state index in [1.165, 1.54) is 6.42 Å². The highest BCUT2D eigenvalue weighted by atomic mass is 16.6. The lowest BCUT2D eigenvalue weighted by atomic mass is 9.84. The number of piperidine rings is 1. The van der Waals surface area contributed by atoms with Crippen LogP contribution in [0, 0.1) is 0 Å². The molecule has 2 heterocycles. The SMILES string of the molecule is COc1ccc(C(C)NC2(c3nnnn3C3CCC3)CCN(C(=O)OCc3ccccc3)CC2)cc1. The maximum Gasteiger partial charge on any atom is 0.410 e. The summed E-state index contributed by atoms with van der Waals surface area (Å²) in [6.07, 6.45) is 4.50. The zero-order valence-electron chi connectivity index (χ0n) is 21.0. The molecule has 1 N–H and O–H groups in total. The maximum atomic E-state index is 12.8. The van der Waals surface area contributed by atoms with Crippen LogP contribution in [0.3, 0.4) is 0 Å². The Morgan fingerprint density at radius 3 is 2.47 bits per heavy atom. The van der Waals surface area contributed by atoms with Gasteiger partial charge in [-0.3, -0.25) is 5.32 Å². The number of likely N-dealkylation sites (tertiary alicyclic amines) is 1. The summed E-state index contributed by atoms with van der Waals surface area (Å²) >= 11 is 0. The van der Waals surface area contributed by atoms with E-state index in [9.17, 15) is 4.79 Å². The maximum absolute atomic E-state index is 12.8. The topological polar surface area (TPSA) is 94.4 Å². The van der Waals surface area contributed by atoms with Crippen molar-refractivity contribution in [1.82, 2.24) is 30.4 Å². The molecule has 190 valence electrons. The Labute approximate surface area is 211 Å². The summed E-state index contributed by atoms with van der Waals surface area (Å²) in [5, 5.41) is 16.8. The van der Waals surface area contributed by atoms with Crippen molar-refractivity contribution in [3.8, 4) is 5.75 Å². The molecule has 2 fully saturated rings. The average Bonchev–Trinajstić information content (AvgIpc) is 3.37. The van der Waals surface area contributed by atoms with Crippen LogP contribution >= 0.6 is 0 Å². The molecule has 1 aromatic heterocycles. The predicted molar refractivity (Wildman–Crippen MR) is 134 cm³/mol. The zero-order chi connectivity index (χ0) is 25.0. The smallest absolute Gasteiger partial charge is 0.410 e. The molecule has 9 nitrogen and oxygen atoms in total. The standard InChI is InChI=1S/C27H34N6O3/c1-20(22-11-13-24(35-2)14-12-22)28-27(25-29-30-31-33(25)23-9-6-10-23)15-17-32(18-16-27)26(34)36-19-21-7-4-3-5-8-21/h3-5,7-8,11-14,20,23,28H,6,9-10,15-19H2,1-2H3. The summed E-state index contributed by atoms with van der Waals surface area (Å²) in [4.78, 5) is 14.6. The van der Waals surface area contributed by atoms with Crippen molar-refractivity contribution in [3.63, 3.8) is 0 Å². The molecule has 2 aliphatic rings. The van der Waals surface area contributed by atoms with Gasteiger partial charge in [-0.2, -0.15) is 0 Å². The van der Waals surface area contributed by atoms with Gasteiger partial charge in [-0.1, -0.05) is 42.5 Å². The van der Waals surface area contributed by atoms with Gasteiger partial charge in [0.15, 0.2) is 5.82 Å². The molecule has 0 spiro atoms. The number of tetrazole rings is 1. The Hall–Kier alpha value is -3.46. The highest BCUT2D eigenvalue weighted by Crippen LogP contribution is 2.39. The van der Waals surface area contributed by atoms with Crippen LogP contribution in [0.4, 0.5) is 4.79 Å². The summed E-state index contributed by atoms with van der Waals surface area (Å²) in [6.45, 7) is 3.55. The van der Waals surface area contributed by atoms with Gasteiger partial charge in [-0.25, -0.2) is 9.48 Å². The fourth-order valence-electron chi connectivity index (χ4n) is 5.09. The molecular weight excluding hydrogens is 456 g/mol. The number of nitrogens with one attached hydrogen (secondary N) is 1. The van der Waals surface area contributed by atoms with Gasteiger partial charge in [-0.15, -0.1) is 5.10 Å². The van der Waals surface area contributed by atoms with Gasteiger partial charge in [0.1, 0.15) is 12.4 Å². The van der Waals surface area contributed by atoms with Crippen LogP contribution in [0.1, 0.15) is 68.1 Å². The normalized spacial score (nSPS) is 18.3. The van der Waals surface area contributed by atoms with Gasteiger partial charge in [0, 0.05) is 19.1 Å². The molecule has 3 aromatic rings. The molecule has 5 rings (SSSR count). The fourth-order valence-corrected chi connectivity index (χ4v) is 5.09. The number of amides is 1. The lowest BCUT2D eigenvalue weighted by Gasteiger charge is -2.43. The first-order valence-corrected chi connectivity index (χ1v) is 12.7. The van der Waals surface area contributed by atoms with Crippen LogP contribution in [0.5, 0.6) is 5.75 Å². The second-order valence-corrected chi connectivity index (χ2v) is 9.78. The molecule has 0 bridgehead atoms. The van der Waals surface area contributed by atoms with Gasteiger partial charge in [-0.05, 0) is 72.7 Å². The van der Waals surface area contributed by atoms with E-state index < -0.39 is 5.54 Å². The van der Waals surface area contributed by atoms with E-state index in [1.807, 2.05) is 47.1 Å². The first kappa shape index (κ1) is 24.2. The highest BCUT2D eigenvalue weighted by Gasteiger charge is 2.44. The predicted octanol–water partition coefficient (Wildman–Crippen LogP) is 4.39. The van der Waals surface area contributed by atoms with Crippen LogP contribution < -0.4 is 10.1 Å². The van der Waals surface area contributed by atoms with E-state index in [2.05, 4.69) is 39.9 Å². The molecule has 9 heteroatoms. The second kappa shape index (κ2) is 10.7. The quantitative estimate of drug-likeness (QED) is 0.501. The first-order valence-electron chi connectivity index (χ1n) is 12.7. The van der Waals surface area contributed by atoms with Gasteiger partial charge in [0.05, 0.1) is 18.7 Å². The number of nitrogens with zero attached hydrogens (tertiary/aromatic N) is 5. The van der Waals surface area contributed by atoms with E-state index in [-0.39, 0.29) is 18.7 Å². The minimum Gasteiger partial charge on any atom is -0.497 e. The third-order valence-electron chi connectivity index (χ3n) is 7.53. The molecule has 1 atom stereocenters. The van der Waals surface area contributed by atoms with E-state index >= 15 is 0 Å². The van der Waals surface area contributed by atoms with Gasteiger partial charge in [0.25, 0.3) is 0 Å². The Morgan fingerprint density at radius 1 is 1.11 bits per heavy atom. The second-order valence-electron chi connectivity index (χ2n) is 9.78. The molecular formula is C27H34N6O3. The van der Waals surface area contributed by atoms with Crippen molar-refractivity contribution in [3.05, 3.63) is 71.5 Å². The van der Waals surface area contributed by atoms with Crippen molar-refractivity contribution < 1.29 is 14.3 Å². The molecule has 2 aromatic carbocycles. The number of hydrogen-bond donors (Lipinski definition) is 1. The minimum absolute atomic E-state index is 0.0547. The van der Waals surface area contributed by atoms with Crippen LogP contribution in [-0.2, 0) is 16.9 Å². The van der Waals surface area contributed by atoms with Crippen molar-refractivity contribution in [2.24, 2.45) is 0 Å². The molecule has 1 unspecified atom stereocenters. The van der Waals surface area contributed by atoms with Crippen molar-refractivity contribution in [1.29, 1.82) is 0 Å². The number of benzene rings is 2. The van der Waals surface area contributed by atoms with E-state index in [1.54, 1.807) is 12.0 Å². The van der Waals surface area contributed by atoms with Crippen LogP contribution in [-0.4, -0.2) is 51.4 Å². The molecule has 1 aliphatic heterocycles. The molecule has 36 heavy (non-hydrogen) atoms. The summed E-state index contributed by atoms with van der Waals surface area (Å²) in [5.41, 5.74) is 1.68. The Kier molecular flexibility index (Phi) is 7.18. The van der Waals surface area contributed by atoms with Crippen molar-refractivity contribution in [2.45, 2.75) is 63.3 Å². The average molecular weight is 491 g/mol. The number of carbonyl (C=O) groups is 1. The van der Waals surface area contributed by atoms with Crippen LogP contribution in [0.15, 0.2) is 54.6 Å². The van der Waals surface area contributed by atoms with Gasteiger partial charge < -0.3 is 14.4 Å². The zero-order valence-corrected chi connectivity index (χ0v) is 21.0. The summed E-state index contributed by atoms with van der Waals surface area (Å²) in [5.74, 6) is 1.70. The lowest BCUT2D eigenvalue weighted by Crippen LogP contribution is -2.54. The number of aromatic nitrogens is 4. The molecule has 1 saturated heterocycles. The molecule has 1 saturated carbocycles. The summed E-state index contributed by atoms with van der Waals surface area (Å²) in [7, 11) is 1.67. The van der Waals surface area contributed by atoms with Crippen LogP contribution in [0.2, 0.25) is 0 Å². The third kappa shape index (κ3) is 5.06. The third-order valence-corrected chi connectivity index (χ3v) is 7.53. The summed E-state index contributed by atoms with van der Waals surface area (Å²) in [6, 6.07) is 18.3. The van der Waals surface area contributed by atoms with E-state index in [0.717, 1.165) is 35.5 Å². The van der Waals surface area contributed by atoms with E-state index in [4.69, 9.17) is 9.47 Å². The highest BCUT2D eigenvalue weighted by molar-refractivity contribution is 5.67. The number of ether oxygens (including phenoxy) is 2. The minimum atomic E-state index is -0.450.